The van der Waals surface area contributed by atoms with Crippen LogP contribution in [0.15, 0.2) is 17.5 Å². The Balaban J connectivity index is 1.59. The number of likely N-dealkylation sites (tertiary alicyclic amines) is 1. The van der Waals surface area contributed by atoms with Crippen LogP contribution in [-0.2, 0) is 14.3 Å². The van der Waals surface area contributed by atoms with Gasteiger partial charge in [0.05, 0.1) is 12.0 Å². The summed E-state index contributed by atoms with van der Waals surface area (Å²) in [7, 11) is 1.39. The maximum atomic E-state index is 12.3. The molecule has 2 heterocycles. The highest BCUT2D eigenvalue weighted by molar-refractivity contribution is 7.12. The smallest absolute Gasteiger partial charge is 0.305 e. The number of hydrogen-bond donors (Lipinski definition) is 1. The summed E-state index contributed by atoms with van der Waals surface area (Å²) in [6.45, 7) is 1.90. The molecule has 1 N–H and O–H groups in total. The van der Waals surface area contributed by atoms with E-state index in [-0.39, 0.29) is 23.7 Å². The van der Waals surface area contributed by atoms with E-state index >= 15 is 0 Å². The Kier molecular flexibility index (Phi) is 7.91. The van der Waals surface area contributed by atoms with E-state index in [1.807, 2.05) is 22.4 Å². The number of ether oxygens (including phenoxy) is 1. The highest BCUT2D eigenvalue weighted by atomic mass is 32.1. The zero-order chi connectivity index (χ0) is 18.1. The summed E-state index contributed by atoms with van der Waals surface area (Å²) >= 11 is 1.45. The van der Waals surface area contributed by atoms with Gasteiger partial charge >= 0.3 is 5.97 Å². The minimum Gasteiger partial charge on any atom is -0.469 e. The third kappa shape index (κ3) is 6.16. The molecule has 2 amide bonds. The second-order valence-corrected chi connectivity index (χ2v) is 7.17. The molecule has 1 saturated heterocycles. The zero-order valence-corrected chi connectivity index (χ0v) is 15.5. The predicted octanol–water partition coefficient (Wildman–Crippen LogP) is 2.45. The molecule has 7 heteroatoms. The summed E-state index contributed by atoms with van der Waals surface area (Å²) in [5.41, 5.74) is 0. The Labute approximate surface area is 152 Å². The molecule has 0 radical (unpaired) electrons. The lowest BCUT2D eigenvalue weighted by Crippen LogP contribution is -2.43. The monoisotopic (exact) mass is 366 g/mol. The van der Waals surface area contributed by atoms with E-state index in [2.05, 4.69) is 10.1 Å². The SMILES string of the molecule is COC(=O)CCCCCNC(=O)C1CCN(C(=O)c2cccs2)CC1. The first-order valence-electron chi connectivity index (χ1n) is 8.79. The van der Waals surface area contributed by atoms with E-state index in [0.717, 1.165) is 24.1 Å². The maximum absolute atomic E-state index is 12.3. The number of piperidine rings is 1. The lowest BCUT2D eigenvalue weighted by atomic mass is 9.95. The topological polar surface area (TPSA) is 75.7 Å². The molecule has 6 nitrogen and oxygen atoms in total. The Bertz CT molecular complexity index is 566. The van der Waals surface area contributed by atoms with Crippen molar-refractivity contribution in [3.8, 4) is 0 Å². The lowest BCUT2D eigenvalue weighted by molar-refractivity contribution is -0.140. The number of unbranched alkanes of at least 4 members (excludes halogenated alkanes) is 2. The van der Waals surface area contributed by atoms with E-state index in [1.54, 1.807) is 0 Å². The van der Waals surface area contributed by atoms with E-state index < -0.39 is 0 Å². The average molecular weight is 366 g/mol. The summed E-state index contributed by atoms with van der Waals surface area (Å²) in [6, 6.07) is 3.72. The van der Waals surface area contributed by atoms with Gasteiger partial charge in [0.1, 0.15) is 0 Å². The Morgan fingerprint density at radius 2 is 2.00 bits per heavy atom. The molecule has 0 spiro atoms. The molecule has 0 atom stereocenters. The summed E-state index contributed by atoms with van der Waals surface area (Å²) < 4.78 is 4.59. The second kappa shape index (κ2) is 10.2. The van der Waals surface area contributed by atoms with Crippen molar-refractivity contribution < 1.29 is 19.1 Å². The molecular weight excluding hydrogens is 340 g/mol. The average Bonchev–Trinajstić information content (AvgIpc) is 3.18. The highest BCUT2D eigenvalue weighted by Crippen LogP contribution is 2.21. The number of esters is 1. The van der Waals surface area contributed by atoms with Gasteiger partial charge < -0.3 is 15.0 Å². The molecule has 0 aromatic carbocycles. The van der Waals surface area contributed by atoms with Crippen molar-refractivity contribution in [1.29, 1.82) is 0 Å². The molecule has 25 heavy (non-hydrogen) atoms. The van der Waals surface area contributed by atoms with Crippen molar-refractivity contribution in [2.75, 3.05) is 26.7 Å². The van der Waals surface area contributed by atoms with Gasteiger partial charge in [0.25, 0.3) is 5.91 Å². The van der Waals surface area contributed by atoms with Crippen molar-refractivity contribution in [1.82, 2.24) is 10.2 Å². The molecule has 0 saturated carbocycles. The van der Waals surface area contributed by atoms with Crippen LogP contribution < -0.4 is 5.32 Å². The number of thiophene rings is 1. The van der Waals surface area contributed by atoms with E-state index in [1.165, 1.54) is 18.4 Å². The molecule has 138 valence electrons. The van der Waals surface area contributed by atoms with Crippen LogP contribution in [0.25, 0.3) is 0 Å². The Morgan fingerprint density at radius 1 is 1.24 bits per heavy atom. The van der Waals surface area contributed by atoms with Gasteiger partial charge in [-0.3, -0.25) is 14.4 Å². The summed E-state index contributed by atoms with van der Waals surface area (Å²) in [4.78, 5) is 38.1. The van der Waals surface area contributed by atoms with Crippen molar-refractivity contribution in [2.24, 2.45) is 5.92 Å². The predicted molar refractivity (Wildman–Crippen MR) is 96.4 cm³/mol. The van der Waals surface area contributed by atoms with Gasteiger partial charge in [-0.25, -0.2) is 0 Å². The van der Waals surface area contributed by atoms with Gasteiger partial charge in [-0.15, -0.1) is 11.3 Å². The first-order chi connectivity index (χ1) is 12.1. The molecular formula is C18H26N2O4S. The van der Waals surface area contributed by atoms with Crippen molar-refractivity contribution in [3.05, 3.63) is 22.4 Å². The van der Waals surface area contributed by atoms with Crippen LogP contribution in [0, 0.1) is 5.92 Å². The van der Waals surface area contributed by atoms with Crippen molar-refractivity contribution >= 4 is 29.1 Å². The lowest BCUT2D eigenvalue weighted by Gasteiger charge is -2.31. The van der Waals surface area contributed by atoms with Crippen molar-refractivity contribution in [2.45, 2.75) is 38.5 Å². The molecule has 1 aliphatic rings. The van der Waals surface area contributed by atoms with Crippen LogP contribution in [-0.4, -0.2) is 49.4 Å². The summed E-state index contributed by atoms with van der Waals surface area (Å²) in [5.74, 6) is -0.0500. The molecule has 1 aliphatic heterocycles. The minimum atomic E-state index is -0.187. The fourth-order valence-electron chi connectivity index (χ4n) is 2.93. The number of carbonyl (C=O) groups excluding carboxylic acids is 3. The van der Waals surface area contributed by atoms with Crippen LogP contribution in [0.1, 0.15) is 48.2 Å². The fraction of sp³-hybridized carbons (Fsp3) is 0.611. The van der Waals surface area contributed by atoms with E-state index in [9.17, 15) is 14.4 Å². The number of nitrogens with zero attached hydrogens (tertiary/aromatic N) is 1. The number of amides is 2. The highest BCUT2D eigenvalue weighted by Gasteiger charge is 2.27. The maximum Gasteiger partial charge on any atom is 0.305 e. The normalized spacial score (nSPS) is 15.0. The Morgan fingerprint density at radius 3 is 2.64 bits per heavy atom. The number of methoxy groups -OCH3 is 1. The molecule has 1 fully saturated rings. The third-order valence-electron chi connectivity index (χ3n) is 4.47. The third-order valence-corrected chi connectivity index (χ3v) is 5.33. The van der Waals surface area contributed by atoms with Crippen LogP contribution in [0.4, 0.5) is 0 Å². The largest absolute Gasteiger partial charge is 0.469 e. The minimum absolute atomic E-state index is 0.0116. The van der Waals surface area contributed by atoms with Gasteiger partial charge in [-0.1, -0.05) is 12.5 Å². The first kappa shape index (κ1) is 19.4. The molecule has 1 aromatic rings. The molecule has 1 aromatic heterocycles. The summed E-state index contributed by atoms with van der Waals surface area (Å²) in [5, 5.41) is 4.87. The van der Waals surface area contributed by atoms with Crippen molar-refractivity contribution in [3.63, 3.8) is 0 Å². The molecule has 0 unspecified atom stereocenters. The van der Waals surface area contributed by atoms with E-state index in [0.29, 0.717) is 38.9 Å². The van der Waals surface area contributed by atoms with Gasteiger partial charge in [0, 0.05) is 32.0 Å². The van der Waals surface area contributed by atoms with Gasteiger partial charge in [-0.05, 0) is 37.1 Å². The number of hydrogen-bond acceptors (Lipinski definition) is 5. The van der Waals surface area contributed by atoms with Gasteiger partial charge in [0.15, 0.2) is 0 Å². The summed E-state index contributed by atoms with van der Waals surface area (Å²) in [6.07, 6.45) is 4.39. The number of rotatable bonds is 8. The molecule has 0 bridgehead atoms. The van der Waals surface area contributed by atoms with Crippen LogP contribution in [0.3, 0.4) is 0 Å². The van der Waals surface area contributed by atoms with Crippen LogP contribution in [0.2, 0.25) is 0 Å². The second-order valence-electron chi connectivity index (χ2n) is 6.22. The Hall–Kier alpha value is -1.89. The van der Waals surface area contributed by atoms with E-state index in [4.69, 9.17) is 0 Å². The molecule has 0 aliphatic carbocycles. The quantitative estimate of drug-likeness (QED) is 0.566. The fourth-order valence-corrected chi connectivity index (χ4v) is 3.62. The molecule has 2 rings (SSSR count). The number of nitrogens with one attached hydrogen (secondary N) is 1. The first-order valence-corrected chi connectivity index (χ1v) is 9.67. The van der Waals surface area contributed by atoms with Gasteiger partial charge in [0.2, 0.25) is 5.91 Å². The number of carbonyl (C=O) groups is 3. The van der Waals surface area contributed by atoms with Crippen LogP contribution >= 0.6 is 11.3 Å². The zero-order valence-electron chi connectivity index (χ0n) is 14.7. The van der Waals surface area contributed by atoms with Crippen LogP contribution in [0.5, 0.6) is 0 Å². The van der Waals surface area contributed by atoms with Gasteiger partial charge in [-0.2, -0.15) is 0 Å². The standard InChI is InChI=1S/C18H26N2O4S/c1-24-16(21)7-3-2-4-10-19-17(22)14-8-11-20(12-9-14)18(23)15-6-5-13-25-15/h5-6,13-14H,2-4,7-12H2,1H3,(H,19,22).